The molecule has 0 spiro atoms. The van der Waals surface area contributed by atoms with Crippen molar-refractivity contribution in [3.8, 4) is 0 Å². The van der Waals surface area contributed by atoms with E-state index in [0.717, 1.165) is 5.56 Å². The van der Waals surface area contributed by atoms with E-state index < -0.39 is 6.09 Å². The molecule has 0 aliphatic heterocycles. The van der Waals surface area contributed by atoms with Crippen LogP contribution in [0.15, 0.2) is 18.3 Å². The van der Waals surface area contributed by atoms with E-state index in [2.05, 4.69) is 15.0 Å². The lowest BCUT2D eigenvalue weighted by atomic mass is 10.3. The van der Waals surface area contributed by atoms with E-state index in [1.165, 1.54) is 7.11 Å². The van der Waals surface area contributed by atoms with Crippen LogP contribution in [0.3, 0.4) is 0 Å². The van der Waals surface area contributed by atoms with Gasteiger partial charge in [-0.3, -0.25) is 5.32 Å². The average molecular weight is 166 g/mol. The number of rotatable bonds is 1. The van der Waals surface area contributed by atoms with E-state index in [4.69, 9.17) is 0 Å². The van der Waals surface area contributed by atoms with Gasteiger partial charge >= 0.3 is 6.09 Å². The van der Waals surface area contributed by atoms with Gasteiger partial charge in [0, 0.05) is 6.20 Å². The standard InChI is InChI=1S/C8H10N2O2/c1-6-3-4-9-7(5-6)10-8(11)12-2/h3-5H,1-2H3,(H,9,10,11). The molecule has 0 saturated carbocycles. The molecular formula is C8H10N2O2. The van der Waals surface area contributed by atoms with Gasteiger partial charge in [0.05, 0.1) is 7.11 Å². The number of ether oxygens (including phenoxy) is 1. The molecule has 0 saturated heterocycles. The molecule has 12 heavy (non-hydrogen) atoms. The van der Waals surface area contributed by atoms with Crippen molar-refractivity contribution in [1.82, 2.24) is 4.98 Å². The minimum atomic E-state index is -0.506. The first-order chi connectivity index (χ1) is 5.72. The fourth-order valence-corrected chi connectivity index (χ4v) is 0.760. The van der Waals surface area contributed by atoms with Crippen LogP contribution in [0.5, 0.6) is 0 Å². The smallest absolute Gasteiger partial charge is 0.412 e. The number of pyridine rings is 1. The lowest BCUT2D eigenvalue weighted by molar-refractivity contribution is 0.187. The third-order valence-electron chi connectivity index (χ3n) is 1.33. The van der Waals surface area contributed by atoms with Crippen molar-refractivity contribution in [3.05, 3.63) is 23.9 Å². The summed E-state index contributed by atoms with van der Waals surface area (Å²) < 4.78 is 4.40. The summed E-state index contributed by atoms with van der Waals surface area (Å²) in [5, 5.41) is 2.46. The predicted octanol–water partition coefficient (Wildman–Crippen LogP) is 1.57. The number of carbonyl (C=O) groups is 1. The number of nitrogens with one attached hydrogen (secondary N) is 1. The molecule has 1 amide bonds. The maximum Gasteiger partial charge on any atom is 0.412 e. The minimum Gasteiger partial charge on any atom is -0.453 e. The highest BCUT2D eigenvalue weighted by Gasteiger charge is 1.99. The zero-order chi connectivity index (χ0) is 8.97. The van der Waals surface area contributed by atoms with Crippen LogP contribution in [0, 0.1) is 6.92 Å². The van der Waals surface area contributed by atoms with E-state index in [1.807, 2.05) is 13.0 Å². The monoisotopic (exact) mass is 166 g/mol. The molecule has 4 heteroatoms. The second kappa shape index (κ2) is 3.71. The third-order valence-corrected chi connectivity index (χ3v) is 1.33. The Hall–Kier alpha value is -1.58. The molecule has 64 valence electrons. The van der Waals surface area contributed by atoms with Gasteiger partial charge in [-0.2, -0.15) is 0 Å². The van der Waals surface area contributed by atoms with Crippen molar-refractivity contribution in [2.45, 2.75) is 6.92 Å². The van der Waals surface area contributed by atoms with Crippen molar-refractivity contribution in [2.75, 3.05) is 12.4 Å². The molecule has 0 bridgehead atoms. The third kappa shape index (κ3) is 2.23. The van der Waals surface area contributed by atoms with E-state index in [1.54, 1.807) is 12.3 Å². The van der Waals surface area contributed by atoms with Gasteiger partial charge in [0.2, 0.25) is 0 Å². The topological polar surface area (TPSA) is 51.2 Å². The molecule has 0 aliphatic carbocycles. The summed E-state index contributed by atoms with van der Waals surface area (Å²) in [5.74, 6) is 0.502. The maximum atomic E-state index is 10.7. The summed E-state index contributed by atoms with van der Waals surface area (Å²) in [6.07, 6.45) is 1.12. The number of carbonyl (C=O) groups excluding carboxylic acids is 1. The van der Waals surface area contributed by atoms with Crippen LogP contribution < -0.4 is 5.32 Å². The second-order valence-electron chi connectivity index (χ2n) is 2.34. The Labute approximate surface area is 70.6 Å². The van der Waals surface area contributed by atoms with E-state index in [9.17, 15) is 4.79 Å². The van der Waals surface area contributed by atoms with Crippen LogP contribution in [0.4, 0.5) is 10.6 Å². The number of aryl methyl sites for hydroxylation is 1. The molecule has 1 rings (SSSR count). The average Bonchev–Trinajstić information content (AvgIpc) is 2.04. The number of hydrogen-bond donors (Lipinski definition) is 1. The molecule has 0 aromatic carbocycles. The van der Waals surface area contributed by atoms with Gasteiger partial charge in [-0.25, -0.2) is 9.78 Å². The molecule has 1 aromatic rings. The van der Waals surface area contributed by atoms with Crippen LogP contribution in [-0.4, -0.2) is 18.2 Å². The first-order valence-electron chi connectivity index (χ1n) is 3.50. The van der Waals surface area contributed by atoms with Crippen LogP contribution in [0.25, 0.3) is 0 Å². The second-order valence-corrected chi connectivity index (χ2v) is 2.34. The Balaban J connectivity index is 2.69. The first kappa shape index (κ1) is 8.52. The summed E-state index contributed by atoms with van der Waals surface area (Å²) in [4.78, 5) is 14.6. The lowest BCUT2D eigenvalue weighted by Gasteiger charge is -2.01. The Bertz CT molecular complexity index is 286. The number of methoxy groups -OCH3 is 1. The van der Waals surface area contributed by atoms with Gasteiger partial charge in [-0.1, -0.05) is 0 Å². The van der Waals surface area contributed by atoms with Crippen molar-refractivity contribution < 1.29 is 9.53 Å². The molecule has 0 aliphatic rings. The molecule has 1 N–H and O–H groups in total. The highest BCUT2D eigenvalue weighted by atomic mass is 16.5. The zero-order valence-corrected chi connectivity index (χ0v) is 7.00. The van der Waals surface area contributed by atoms with Gasteiger partial charge in [-0.05, 0) is 24.6 Å². The summed E-state index contributed by atoms with van der Waals surface area (Å²) in [7, 11) is 1.31. The molecule has 0 atom stereocenters. The zero-order valence-electron chi connectivity index (χ0n) is 7.00. The Morgan fingerprint density at radius 1 is 1.67 bits per heavy atom. The molecule has 0 fully saturated rings. The van der Waals surface area contributed by atoms with E-state index in [-0.39, 0.29) is 0 Å². The van der Waals surface area contributed by atoms with Gasteiger partial charge < -0.3 is 4.74 Å². The molecule has 1 heterocycles. The fraction of sp³-hybridized carbons (Fsp3) is 0.250. The fourth-order valence-electron chi connectivity index (χ4n) is 0.760. The van der Waals surface area contributed by atoms with Crippen LogP contribution in [0.1, 0.15) is 5.56 Å². The van der Waals surface area contributed by atoms with Crippen molar-refractivity contribution in [1.29, 1.82) is 0 Å². The molecule has 0 unspecified atom stereocenters. The summed E-state index contributed by atoms with van der Waals surface area (Å²) in [6.45, 7) is 1.92. The normalized spacial score (nSPS) is 9.17. The largest absolute Gasteiger partial charge is 0.453 e. The van der Waals surface area contributed by atoms with Gasteiger partial charge in [0.15, 0.2) is 0 Å². The Kier molecular flexibility index (Phi) is 2.63. The summed E-state index contributed by atoms with van der Waals surface area (Å²) in [6, 6.07) is 3.61. The van der Waals surface area contributed by atoms with Crippen molar-refractivity contribution in [2.24, 2.45) is 0 Å². The Morgan fingerprint density at radius 3 is 3.00 bits per heavy atom. The van der Waals surface area contributed by atoms with E-state index >= 15 is 0 Å². The molecule has 4 nitrogen and oxygen atoms in total. The van der Waals surface area contributed by atoms with Crippen molar-refractivity contribution in [3.63, 3.8) is 0 Å². The highest BCUT2D eigenvalue weighted by molar-refractivity contribution is 5.83. The van der Waals surface area contributed by atoms with Gasteiger partial charge in [0.1, 0.15) is 5.82 Å². The number of anilines is 1. The predicted molar refractivity (Wildman–Crippen MR) is 45.0 cm³/mol. The molecule has 1 aromatic heterocycles. The number of hydrogen-bond acceptors (Lipinski definition) is 3. The van der Waals surface area contributed by atoms with Crippen LogP contribution in [0.2, 0.25) is 0 Å². The summed E-state index contributed by atoms with van der Waals surface area (Å²) >= 11 is 0. The SMILES string of the molecule is COC(=O)Nc1cc(C)ccn1. The lowest BCUT2D eigenvalue weighted by Crippen LogP contribution is -2.11. The molecular weight excluding hydrogens is 156 g/mol. The number of amides is 1. The Morgan fingerprint density at radius 2 is 2.42 bits per heavy atom. The minimum absolute atomic E-state index is 0.502. The number of nitrogens with zero attached hydrogens (tertiary/aromatic N) is 1. The van der Waals surface area contributed by atoms with Gasteiger partial charge in [0.25, 0.3) is 0 Å². The highest BCUT2D eigenvalue weighted by Crippen LogP contribution is 2.04. The van der Waals surface area contributed by atoms with Gasteiger partial charge in [-0.15, -0.1) is 0 Å². The van der Waals surface area contributed by atoms with Crippen LogP contribution >= 0.6 is 0 Å². The quantitative estimate of drug-likeness (QED) is 0.688. The van der Waals surface area contributed by atoms with E-state index in [0.29, 0.717) is 5.82 Å². The number of aromatic nitrogens is 1. The maximum absolute atomic E-state index is 10.7. The molecule has 0 radical (unpaired) electrons. The first-order valence-corrected chi connectivity index (χ1v) is 3.50. The van der Waals surface area contributed by atoms with Crippen molar-refractivity contribution >= 4 is 11.9 Å². The summed E-state index contributed by atoms with van der Waals surface area (Å²) in [5.41, 5.74) is 1.04. The van der Waals surface area contributed by atoms with Crippen LogP contribution in [-0.2, 0) is 4.74 Å².